The van der Waals surface area contributed by atoms with Crippen LogP contribution in [0, 0.1) is 5.92 Å². The van der Waals surface area contributed by atoms with Crippen LogP contribution in [-0.4, -0.2) is 40.0 Å². The zero-order chi connectivity index (χ0) is 25.0. The van der Waals surface area contributed by atoms with Crippen LogP contribution in [-0.2, 0) is 10.9 Å². The maximum absolute atomic E-state index is 13.0. The molecule has 0 bridgehead atoms. The van der Waals surface area contributed by atoms with Gasteiger partial charge >= 0.3 is 12.1 Å². The predicted molar refractivity (Wildman–Crippen MR) is 127 cm³/mol. The third-order valence-corrected chi connectivity index (χ3v) is 5.54. The Balaban J connectivity index is 2.13. The van der Waals surface area contributed by atoms with Crippen molar-refractivity contribution in [1.82, 2.24) is 14.3 Å². The number of alkyl halides is 3. The zero-order valence-corrected chi connectivity index (χ0v) is 20.3. The van der Waals surface area contributed by atoms with Gasteiger partial charge in [-0.05, 0) is 43.5 Å². The van der Waals surface area contributed by atoms with Gasteiger partial charge in [-0.1, -0.05) is 26.0 Å². The number of benzene rings is 1. The van der Waals surface area contributed by atoms with Crippen LogP contribution < -0.4 is 10.2 Å². The molecule has 0 atom stereocenters. The fourth-order valence-electron chi connectivity index (χ4n) is 3.44. The van der Waals surface area contributed by atoms with Crippen molar-refractivity contribution < 1.29 is 22.7 Å². The van der Waals surface area contributed by atoms with Crippen molar-refractivity contribution in [2.75, 3.05) is 23.9 Å². The van der Waals surface area contributed by atoms with Gasteiger partial charge in [0.1, 0.15) is 0 Å². The third kappa shape index (κ3) is 5.82. The number of anilines is 3. The summed E-state index contributed by atoms with van der Waals surface area (Å²) < 4.78 is 47.4. The highest BCUT2D eigenvalue weighted by molar-refractivity contribution is 7.09. The lowest BCUT2D eigenvalue weighted by molar-refractivity contribution is -0.144. The molecule has 1 aromatic carbocycles. The highest BCUT2D eigenvalue weighted by Gasteiger charge is 2.36. The third-order valence-electron chi connectivity index (χ3n) is 4.91. The molecule has 0 aliphatic carbocycles. The number of rotatable bonds is 8. The lowest BCUT2D eigenvalue weighted by atomic mass is 10.0. The predicted octanol–water partition coefficient (Wildman–Crippen LogP) is 6.02. The van der Waals surface area contributed by atoms with Crippen LogP contribution in [0.2, 0.25) is 0 Å². The summed E-state index contributed by atoms with van der Waals surface area (Å²) in [5, 5.41) is 3.03. The Bertz CT molecular complexity index is 1150. The van der Waals surface area contributed by atoms with Crippen molar-refractivity contribution in [3.63, 3.8) is 0 Å². The topological polar surface area (TPSA) is 80.2 Å². The van der Waals surface area contributed by atoms with Gasteiger partial charge < -0.3 is 15.0 Å². The highest BCUT2D eigenvalue weighted by atomic mass is 32.1. The molecular weight excluding hydrogens is 467 g/mol. The summed E-state index contributed by atoms with van der Waals surface area (Å²) in [6.07, 6.45) is -3.14. The van der Waals surface area contributed by atoms with Crippen LogP contribution in [0.5, 0.6) is 0 Å². The van der Waals surface area contributed by atoms with Gasteiger partial charge in [0.15, 0.2) is 5.69 Å². The molecular formula is C23H26F3N5O2S. The van der Waals surface area contributed by atoms with Crippen LogP contribution in [0.1, 0.15) is 44.0 Å². The molecule has 3 rings (SSSR count). The van der Waals surface area contributed by atoms with Crippen molar-refractivity contribution >= 4 is 34.0 Å². The van der Waals surface area contributed by atoms with E-state index in [9.17, 15) is 18.0 Å². The van der Waals surface area contributed by atoms with E-state index in [0.717, 1.165) is 12.2 Å². The molecule has 34 heavy (non-hydrogen) atoms. The average molecular weight is 494 g/mol. The Morgan fingerprint density at radius 1 is 1.21 bits per heavy atom. The molecule has 1 N–H and O–H groups in total. The second kappa shape index (κ2) is 10.4. The minimum atomic E-state index is -4.63. The fraction of sp³-hybridized carbons (Fsp3) is 0.391. The Morgan fingerprint density at radius 3 is 2.53 bits per heavy atom. The number of carbonyl (C=O) groups excluding carboxylic acids is 1. The monoisotopic (exact) mass is 493 g/mol. The number of hydrogen-bond acceptors (Lipinski definition) is 8. The number of ether oxygens (including phenoxy) is 1. The van der Waals surface area contributed by atoms with E-state index in [1.54, 1.807) is 18.2 Å². The van der Waals surface area contributed by atoms with Gasteiger partial charge in [-0.2, -0.15) is 22.5 Å². The second-order valence-electron chi connectivity index (χ2n) is 8.31. The van der Waals surface area contributed by atoms with Crippen LogP contribution in [0.15, 0.2) is 36.5 Å². The van der Waals surface area contributed by atoms with Crippen molar-refractivity contribution in [2.45, 2.75) is 39.9 Å². The van der Waals surface area contributed by atoms with E-state index >= 15 is 0 Å². The van der Waals surface area contributed by atoms with Gasteiger partial charge in [-0.3, -0.25) is 0 Å². The van der Waals surface area contributed by atoms with E-state index in [1.807, 2.05) is 26.0 Å². The van der Waals surface area contributed by atoms with E-state index in [-0.39, 0.29) is 16.9 Å². The fourth-order valence-corrected chi connectivity index (χ4v) is 4.04. The van der Waals surface area contributed by atoms with Crippen molar-refractivity contribution in [3.05, 3.63) is 48.0 Å². The number of aromatic nitrogens is 3. The number of pyridine rings is 1. The number of methoxy groups -OCH3 is 1. The zero-order valence-electron chi connectivity index (χ0n) is 19.5. The Hall–Kier alpha value is -3.21. The lowest BCUT2D eigenvalue weighted by Gasteiger charge is -2.32. The van der Waals surface area contributed by atoms with E-state index in [0.29, 0.717) is 34.3 Å². The van der Waals surface area contributed by atoms with Gasteiger partial charge in [0.2, 0.25) is 11.0 Å². The van der Waals surface area contributed by atoms with Gasteiger partial charge in [-0.15, -0.1) is 0 Å². The number of halogens is 3. The quantitative estimate of drug-likeness (QED) is 0.384. The Labute approximate surface area is 200 Å². The van der Waals surface area contributed by atoms with Crippen LogP contribution in [0.4, 0.5) is 29.7 Å². The molecule has 0 saturated carbocycles. The first-order valence-electron chi connectivity index (χ1n) is 10.6. The molecule has 0 aliphatic rings. The van der Waals surface area contributed by atoms with Crippen molar-refractivity contribution in [2.24, 2.45) is 5.92 Å². The van der Waals surface area contributed by atoms with Crippen molar-refractivity contribution in [1.29, 1.82) is 0 Å². The molecule has 0 aliphatic heterocycles. The summed E-state index contributed by atoms with van der Waals surface area (Å²) in [5.41, 5.74) is 2.66. The largest absolute Gasteiger partial charge is 0.464 e. The number of nitrogens with zero attached hydrogens (tertiary/aromatic N) is 4. The summed E-state index contributed by atoms with van der Waals surface area (Å²) in [5.74, 6) is -1.44. The Morgan fingerprint density at radius 2 is 1.94 bits per heavy atom. The maximum atomic E-state index is 13.0. The second-order valence-corrected chi connectivity index (χ2v) is 9.06. The average Bonchev–Trinajstić information content (AvgIpc) is 3.26. The van der Waals surface area contributed by atoms with Crippen LogP contribution >= 0.6 is 11.5 Å². The summed E-state index contributed by atoms with van der Waals surface area (Å²) >= 11 is 0.630. The number of hydrogen-bond donors (Lipinski definition) is 1. The minimum Gasteiger partial charge on any atom is -0.464 e. The maximum Gasteiger partial charge on any atom is 0.452 e. The molecule has 0 radical (unpaired) electrons. The summed E-state index contributed by atoms with van der Waals surface area (Å²) in [6, 6.07) is 9.05. The molecule has 7 nitrogen and oxygen atoms in total. The molecule has 0 amide bonds. The Kier molecular flexibility index (Phi) is 7.75. The molecule has 2 aromatic heterocycles. The van der Waals surface area contributed by atoms with Gasteiger partial charge in [0.25, 0.3) is 0 Å². The molecule has 182 valence electrons. The van der Waals surface area contributed by atoms with Gasteiger partial charge in [0.05, 0.1) is 18.5 Å². The molecule has 2 heterocycles. The first-order valence-corrected chi connectivity index (χ1v) is 11.4. The van der Waals surface area contributed by atoms with Gasteiger partial charge in [-0.25, -0.2) is 9.78 Å². The minimum absolute atomic E-state index is 0.0124. The van der Waals surface area contributed by atoms with E-state index in [1.165, 1.54) is 13.3 Å². The highest BCUT2D eigenvalue weighted by Crippen LogP contribution is 2.37. The number of carbonyl (C=O) groups is 1. The lowest BCUT2D eigenvalue weighted by Crippen LogP contribution is -2.34. The number of esters is 1. The molecule has 0 saturated heterocycles. The van der Waals surface area contributed by atoms with E-state index in [4.69, 9.17) is 4.74 Å². The van der Waals surface area contributed by atoms with E-state index in [2.05, 4.69) is 38.4 Å². The van der Waals surface area contributed by atoms with Gasteiger partial charge in [0, 0.05) is 35.9 Å². The normalized spacial score (nSPS) is 11.7. The van der Waals surface area contributed by atoms with Crippen molar-refractivity contribution in [3.8, 4) is 11.1 Å². The first-order chi connectivity index (χ1) is 16.0. The SMILES string of the molecule is COC(=O)c1ncccc1-c1ccc(N(CC(C)C)C(C)C)c(Nc2nc(C(F)(F)F)ns2)c1. The standard InChI is InChI=1S/C23H26F3N5O2S/c1-13(2)12-31(14(3)4)18-9-8-15(16-7-6-10-27-19(16)20(32)33-5)11-17(18)28-22-29-21(30-34-22)23(24,25)26/h6-11,13-14H,12H2,1-5H3,(H,28,29,30). The molecule has 11 heteroatoms. The smallest absolute Gasteiger partial charge is 0.452 e. The summed E-state index contributed by atoms with van der Waals surface area (Å²) in [4.78, 5) is 22.1. The molecule has 0 fully saturated rings. The molecule has 3 aromatic rings. The number of nitrogens with one attached hydrogen (secondary N) is 1. The molecule has 0 spiro atoms. The summed E-state index contributed by atoms with van der Waals surface area (Å²) in [6.45, 7) is 9.01. The van der Waals surface area contributed by atoms with Crippen LogP contribution in [0.25, 0.3) is 11.1 Å². The van der Waals surface area contributed by atoms with E-state index < -0.39 is 18.0 Å². The summed E-state index contributed by atoms with van der Waals surface area (Å²) in [7, 11) is 1.27. The molecule has 0 unspecified atom stereocenters. The first kappa shape index (κ1) is 25.4. The van der Waals surface area contributed by atoms with Crippen LogP contribution in [0.3, 0.4) is 0 Å².